The van der Waals surface area contributed by atoms with Crippen molar-refractivity contribution in [2.45, 2.75) is 32.7 Å². The summed E-state index contributed by atoms with van der Waals surface area (Å²) in [5, 5.41) is 9.61. The summed E-state index contributed by atoms with van der Waals surface area (Å²) < 4.78 is 14.6. The van der Waals surface area contributed by atoms with Crippen molar-refractivity contribution in [3.63, 3.8) is 0 Å². The molecule has 116 valence electrons. The molecule has 1 N–H and O–H groups in total. The number of hydrogen-bond donors (Lipinski definition) is 1. The van der Waals surface area contributed by atoms with Crippen molar-refractivity contribution in [3.05, 3.63) is 47.7 Å². The minimum atomic E-state index is -0.328. The summed E-state index contributed by atoms with van der Waals surface area (Å²) in [6.45, 7) is 3.20. The van der Waals surface area contributed by atoms with E-state index >= 15 is 0 Å². The summed E-state index contributed by atoms with van der Waals surface area (Å²) in [5.74, 6) is 0.867. The first-order valence-corrected chi connectivity index (χ1v) is 7.69. The number of anilines is 1. The van der Waals surface area contributed by atoms with Gasteiger partial charge in [-0.3, -0.25) is 0 Å². The van der Waals surface area contributed by atoms with E-state index in [2.05, 4.69) is 9.97 Å². The SMILES string of the molecule is CCc1ncnc(N(Cc2cccc(O)c2)CC2CC2)c1F. The molecule has 3 rings (SSSR count). The van der Waals surface area contributed by atoms with E-state index in [9.17, 15) is 9.50 Å². The van der Waals surface area contributed by atoms with E-state index in [4.69, 9.17) is 0 Å². The first-order valence-electron chi connectivity index (χ1n) is 7.69. The molecule has 0 unspecified atom stereocenters. The molecule has 0 radical (unpaired) electrons. The summed E-state index contributed by atoms with van der Waals surface area (Å²) in [7, 11) is 0. The van der Waals surface area contributed by atoms with Crippen LogP contribution in [0.3, 0.4) is 0 Å². The van der Waals surface area contributed by atoms with Gasteiger partial charge in [0, 0.05) is 13.1 Å². The Morgan fingerprint density at radius 3 is 2.82 bits per heavy atom. The number of rotatable bonds is 6. The van der Waals surface area contributed by atoms with Crippen LogP contribution < -0.4 is 4.90 Å². The number of phenolic OH excluding ortho intramolecular Hbond substituents is 1. The van der Waals surface area contributed by atoms with Gasteiger partial charge in [0.25, 0.3) is 0 Å². The number of halogens is 1. The Morgan fingerprint density at radius 1 is 1.32 bits per heavy atom. The molecular weight excluding hydrogens is 281 g/mol. The molecule has 4 nitrogen and oxygen atoms in total. The molecule has 1 aromatic heterocycles. The highest BCUT2D eigenvalue weighted by Gasteiger charge is 2.27. The van der Waals surface area contributed by atoms with Crippen LogP contribution in [0.2, 0.25) is 0 Å². The van der Waals surface area contributed by atoms with Gasteiger partial charge in [0.05, 0.1) is 5.69 Å². The molecule has 1 saturated carbocycles. The Balaban J connectivity index is 1.89. The molecule has 0 aliphatic heterocycles. The van der Waals surface area contributed by atoms with Crippen molar-refractivity contribution < 1.29 is 9.50 Å². The lowest BCUT2D eigenvalue weighted by Crippen LogP contribution is -2.27. The highest BCUT2D eigenvalue weighted by Crippen LogP contribution is 2.32. The lowest BCUT2D eigenvalue weighted by Gasteiger charge is -2.24. The number of nitrogens with zero attached hydrogens (tertiary/aromatic N) is 3. The summed E-state index contributed by atoms with van der Waals surface area (Å²) >= 11 is 0. The van der Waals surface area contributed by atoms with Crippen molar-refractivity contribution in [2.24, 2.45) is 5.92 Å². The smallest absolute Gasteiger partial charge is 0.187 e. The summed E-state index contributed by atoms with van der Waals surface area (Å²) in [4.78, 5) is 10.1. The van der Waals surface area contributed by atoms with Gasteiger partial charge in [0.1, 0.15) is 12.1 Å². The van der Waals surface area contributed by atoms with Crippen LogP contribution in [0, 0.1) is 11.7 Å². The second-order valence-corrected chi connectivity index (χ2v) is 5.81. The number of hydrogen-bond acceptors (Lipinski definition) is 4. The third-order valence-electron chi connectivity index (χ3n) is 3.94. The fourth-order valence-corrected chi connectivity index (χ4v) is 2.58. The van der Waals surface area contributed by atoms with E-state index in [-0.39, 0.29) is 11.6 Å². The Kier molecular flexibility index (Phi) is 4.22. The van der Waals surface area contributed by atoms with E-state index in [1.807, 2.05) is 17.9 Å². The monoisotopic (exact) mass is 301 g/mol. The van der Waals surface area contributed by atoms with Gasteiger partial charge in [-0.1, -0.05) is 19.1 Å². The number of aromatic hydroxyl groups is 1. The average molecular weight is 301 g/mol. The van der Waals surface area contributed by atoms with Gasteiger partial charge in [0.2, 0.25) is 0 Å². The van der Waals surface area contributed by atoms with Crippen LogP contribution in [0.15, 0.2) is 30.6 Å². The van der Waals surface area contributed by atoms with Gasteiger partial charge in [-0.05, 0) is 42.9 Å². The largest absolute Gasteiger partial charge is 0.508 e. The fraction of sp³-hybridized carbons (Fsp3) is 0.412. The first-order chi connectivity index (χ1) is 10.7. The van der Waals surface area contributed by atoms with Crippen LogP contribution in [0.25, 0.3) is 0 Å². The van der Waals surface area contributed by atoms with Crippen LogP contribution in [0.5, 0.6) is 5.75 Å². The third kappa shape index (κ3) is 3.35. The third-order valence-corrected chi connectivity index (χ3v) is 3.94. The molecule has 1 fully saturated rings. The zero-order valence-corrected chi connectivity index (χ0v) is 12.7. The van der Waals surface area contributed by atoms with Crippen molar-refractivity contribution in [3.8, 4) is 5.75 Å². The molecule has 1 heterocycles. The van der Waals surface area contributed by atoms with E-state index in [0.717, 1.165) is 12.1 Å². The predicted octanol–water partition coefficient (Wildman–Crippen LogP) is 3.30. The van der Waals surface area contributed by atoms with Crippen molar-refractivity contribution in [1.82, 2.24) is 9.97 Å². The quantitative estimate of drug-likeness (QED) is 0.889. The molecule has 1 aliphatic rings. The Bertz CT molecular complexity index is 658. The fourth-order valence-electron chi connectivity index (χ4n) is 2.58. The van der Waals surface area contributed by atoms with E-state index < -0.39 is 0 Å². The van der Waals surface area contributed by atoms with Crippen LogP contribution in [0.4, 0.5) is 10.2 Å². The number of benzene rings is 1. The standard InChI is InChI=1S/C17H20FN3O/c1-2-15-16(18)17(20-11-19-15)21(9-12-6-7-12)10-13-4-3-5-14(22)8-13/h3-5,8,11-12,22H,2,6-7,9-10H2,1H3. The normalized spacial score (nSPS) is 14.1. The second kappa shape index (κ2) is 6.30. The van der Waals surface area contributed by atoms with Crippen LogP contribution >= 0.6 is 0 Å². The molecule has 0 saturated heterocycles. The maximum absolute atomic E-state index is 14.6. The minimum Gasteiger partial charge on any atom is -0.508 e. The molecule has 0 atom stereocenters. The zero-order valence-electron chi connectivity index (χ0n) is 12.7. The average Bonchev–Trinajstić information content (AvgIpc) is 3.31. The molecule has 0 bridgehead atoms. The summed E-state index contributed by atoms with van der Waals surface area (Å²) in [6, 6.07) is 7.07. The van der Waals surface area contributed by atoms with E-state index in [1.165, 1.54) is 19.2 Å². The van der Waals surface area contributed by atoms with Gasteiger partial charge >= 0.3 is 0 Å². The molecule has 1 aliphatic carbocycles. The molecule has 0 spiro atoms. The van der Waals surface area contributed by atoms with E-state index in [1.54, 1.807) is 18.2 Å². The van der Waals surface area contributed by atoms with Gasteiger partial charge in [-0.15, -0.1) is 0 Å². The predicted molar refractivity (Wildman–Crippen MR) is 83.2 cm³/mol. The highest BCUT2D eigenvalue weighted by atomic mass is 19.1. The molecular formula is C17H20FN3O. The Morgan fingerprint density at radius 2 is 2.14 bits per heavy atom. The van der Waals surface area contributed by atoms with E-state index in [0.29, 0.717) is 30.4 Å². The van der Waals surface area contributed by atoms with Gasteiger partial charge in [-0.25, -0.2) is 14.4 Å². The van der Waals surface area contributed by atoms with Gasteiger partial charge in [-0.2, -0.15) is 0 Å². The number of phenols is 1. The Hall–Kier alpha value is -2.17. The molecule has 1 aromatic carbocycles. The molecule has 0 amide bonds. The maximum Gasteiger partial charge on any atom is 0.187 e. The van der Waals surface area contributed by atoms with Crippen LogP contribution in [0.1, 0.15) is 31.0 Å². The second-order valence-electron chi connectivity index (χ2n) is 5.81. The molecule has 22 heavy (non-hydrogen) atoms. The van der Waals surface area contributed by atoms with Crippen LogP contribution in [-0.4, -0.2) is 21.6 Å². The van der Waals surface area contributed by atoms with Crippen molar-refractivity contribution >= 4 is 5.82 Å². The molecule has 5 heteroatoms. The van der Waals surface area contributed by atoms with Gasteiger partial charge in [0.15, 0.2) is 11.6 Å². The minimum absolute atomic E-state index is 0.223. The number of aryl methyl sites for hydroxylation is 1. The highest BCUT2D eigenvalue weighted by molar-refractivity contribution is 5.43. The van der Waals surface area contributed by atoms with Crippen LogP contribution in [-0.2, 0) is 13.0 Å². The Labute approximate surface area is 129 Å². The number of aromatic nitrogens is 2. The van der Waals surface area contributed by atoms with Crippen molar-refractivity contribution in [2.75, 3.05) is 11.4 Å². The lowest BCUT2D eigenvalue weighted by molar-refractivity contribution is 0.474. The maximum atomic E-state index is 14.6. The van der Waals surface area contributed by atoms with Gasteiger partial charge < -0.3 is 10.0 Å². The van der Waals surface area contributed by atoms with Crippen molar-refractivity contribution in [1.29, 1.82) is 0 Å². The summed E-state index contributed by atoms with van der Waals surface area (Å²) in [6.07, 6.45) is 4.35. The topological polar surface area (TPSA) is 49.2 Å². The lowest BCUT2D eigenvalue weighted by atomic mass is 10.2. The summed E-state index contributed by atoms with van der Waals surface area (Å²) in [5.41, 5.74) is 1.39. The zero-order chi connectivity index (χ0) is 15.5. The molecule has 2 aromatic rings. The first kappa shape index (κ1) is 14.8.